The first-order chi connectivity index (χ1) is 25.2. The van der Waals surface area contributed by atoms with Crippen LogP contribution in [-0.2, 0) is 31.5 Å². The van der Waals surface area contributed by atoms with Crippen LogP contribution in [0.15, 0.2) is 42.6 Å². The Morgan fingerprint density at radius 3 is 2.64 bits per heavy atom. The van der Waals surface area contributed by atoms with Gasteiger partial charge in [-0.1, -0.05) is 31.1 Å². The van der Waals surface area contributed by atoms with Gasteiger partial charge in [0.2, 0.25) is 27.7 Å². The van der Waals surface area contributed by atoms with Gasteiger partial charge in [0.25, 0.3) is 11.8 Å². The van der Waals surface area contributed by atoms with Crippen LogP contribution in [0.25, 0.3) is 11.0 Å². The maximum absolute atomic E-state index is 14.7. The van der Waals surface area contributed by atoms with Gasteiger partial charge in [0.05, 0.1) is 16.8 Å². The number of aromatic nitrogens is 4. The van der Waals surface area contributed by atoms with Gasteiger partial charge in [-0.15, -0.1) is 0 Å². The number of hydrogen-bond donors (Lipinski definition) is 3. The Labute approximate surface area is 306 Å². The molecule has 3 N–H and O–H groups in total. The van der Waals surface area contributed by atoms with Crippen LogP contribution >= 0.6 is 0 Å². The van der Waals surface area contributed by atoms with Crippen LogP contribution in [-0.4, -0.2) is 91.7 Å². The summed E-state index contributed by atoms with van der Waals surface area (Å²) < 4.78 is 49.7. The van der Waals surface area contributed by atoms with Crippen molar-refractivity contribution in [3.05, 3.63) is 59.8 Å². The molecule has 2 aromatic heterocycles. The molecule has 7 rings (SSSR count). The van der Waals surface area contributed by atoms with Gasteiger partial charge in [0, 0.05) is 25.6 Å². The van der Waals surface area contributed by atoms with E-state index in [0.717, 1.165) is 12.8 Å². The molecule has 4 aliphatic rings. The van der Waals surface area contributed by atoms with Crippen LogP contribution in [0, 0.1) is 18.7 Å². The number of halogens is 1. The molecule has 1 saturated heterocycles. The largest absolute Gasteiger partial charge is 0.471 e. The van der Waals surface area contributed by atoms with Crippen molar-refractivity contribution in [2.24, 2.45) is 13.0 Å². The van der Waals surface area contributed by atoms with Crippen LogP contribution in [0.1, 0.15) is 80.9 Å². The van der Waals surface area contributed by atoms with Gasteiger partial charge < -0.3 is 20.3 Å². The normalized spacial score (nSPS) is 27.1. The zero-order valence-corrected chi connectivity index (χ0v) is 30.6. The van der Waals surface area contributed by atoms with Gasteiger partial charge in [0.15, 0.2) is 5.82 Å². The number of aryl methyl sites for hydroxylation is 2. The molecule has 3 aromatic rings. The summed E-state index contributed by atoms with van der Waals surface area (Å²) in [6, 6.07) is 3.75. The summed E-state index contributed by atoms with van der Waals surface area (Å²) in [4.78, 5) is 66.1. The first kappa shape index (κ1) is 36.4. The fourth-order valence-corrected chi connectivity index (χ4v) is 8.47. The highest BCUT2D eigenvalue weighted by molar-refractivity contribution is 7.91. The molecular formula is C36H43FN8O7S. The SMILES string of the molecule is Cc1nc2cccc(F)c2nc1O[C@@H]1C[C@H]2C(=O)N[C@]3(C(=O)NS(=O)(=O)C4(C)CC4)C[C@H]3C=CCCCCC[C@H](NC(=O)c3ccnn3C)C(=O)N2C1. The number of rotatable bonds is 7. The van der Waals surface area contributed by atoms with Crippen molar-refractivity contribution in [1.82, 2.24) is 40.0 Å². The molecule has 5 atom stereocenters. The molecule has 53 heavy (non-hydrogen) atoms. The Hall–Kier alpha value is -4.93. The van der Waals surface area contributed by atoms with E-state index >= 15 is 0 Å². The minimum absolute atomic E-state index is 0.00324. The lowest BCUT2D eigenvalue weighted by Gasteiger charge is -2.30. The summed E-state index contributed by atoms with van der Waals surface area (Å²) in [5.41, 5.74) is -0.590. The number of carbonyl (C=O) groups excluding carboxylic acids is 4. The summed E-state index contributed by atoms with van der Waals surface area (Å²) in [6.45, 7) is 3.13. The van der Waals surface area contributed by atoms with Crippen molar-refractivity contribution < 1.29 is 36.7 Å². The Morgan fingerprint density at radius 1 is 1.11 bits per heavy atom. The fraction of sp³-hybridized carbons (Fsp3) is 0.528. The second-order valence-corrected chi connectivity index (χ2v) is 17.0. The highest BCUT2D eigenvalue weighted by Crippen LogP contribution is 2.47. The molecule has 2 saturated carbocycles. The zero-order chi connectivity index (χ0) is 37.7. The van der Waals surface area contributed by atoms with Crippen LogP contribution in [0.4, 0.5) is 4.39 Å². The van der Waals surface area contributed by atoms with E-state index in [9.17, 15) is 32.0 Å². The number of amides is 4. The Bertz CT molecular complexity index is 2120. The van der Waals surface area contributed by atoms with Gasteiger partial charge in [-0.25, -0.2) is 22.8 Å². The van der Waals surface area contributed by atoms with E-state index in [1.165, 1.54) is 34.0 Å². The molecule has 0 radical (unpaired) electrons. The van der Waals surface area contributed by atoms with E-state index in [0.29, 0.717) is 43.3 Å². The summed E-state index contributed by atoms with van der Waals surface area (Å²) in [5, 5.41) is 9.75. The van der Waals surface area contributed by atoms with Crippen LogP contribution in [0.5, 0.6) is 5.88 Å². The number of fused-ring (bicyclic) bond motifs is 3. The van der Waals surface area contributed by atoms with Crippen LogP contribution < -0.4 is 20.1 Å². The zero-order valence-electron chi connectivity index (χ0n) is 29.8. The maximum atomic E-state index is 14.7. The summed E-state index contributed by atoms with van der Waals surface area (Å²) in [5.74, 6) is -3.56. The Kier molecular flexibility index (Phi) is 9.49. The molecule has 3 fully saturated rings. The molecule has 4 amide bonds. The molecule has 1 aromatic carbocycles. The third kappa shape index (κ3) is 7.10. The van der Waals surface area contributed by atoms with Crippen molar-refractivity contribution >= 4 is 44.7 Å². The van der Waals surface area contributed by atoms with Gasteiger partial charge in [-0.2, -0.15) is 5.10 Å². The van der Waals surface area contributed by atoms with Crippen molar-refractivity contribution in [3.8, 4) is 5.88 Å². The summed E-state index contributed by atoms with van der Waals surface area (Å²) >= 11 is 0. The Morgan fingerprint density at radius 2 is 1.91 bits per heavy atom. The van der Waals surface area contributed by atoms with Gasteiger partial charge in [-0.05, 0) is 70.6 Å². The molecular weight excluding hydrogens is 708 g/mol. The number of sulfonamides is 1. The van der Waals surface area contributed by atoms with Crippen molar-refractivity contribution in [2.75, 3.05) is 6.54 Å². The molecule has 2 aliphatic carbocycles. The molecule has 2 aliphatic heterocycles. The number of para-hydroxylation sites is 1. The standard InChI is InChI=1S/C36H43FN8O7S/c1-21-32(41-29-24(37)11-9-13-25(29)39-21)52-23-18-28-31(47)42-36(34(49)43-53(50,51)35(2)15-16-35)19-22(36)10-7-5-4-6-8-12-26(33(48)45(28)20-23)40-30(46)27-14-17-38-44(27)3/h7,9-11,13-14,17,22-23,26,28H,4-6,8,12,15-16,18-20H2,1-3H3,(H,40,46)(H,42,47)(H,43,49)/t22-,23-,26+,28+,36-/m1/s1. The minimum atomic E-state index is -4.01. The maximum Gasteiger partial charge on any atom is 0.270 e. The van der Waals surface area contributed by atoms with E-state index in [1.807, 2.05) is 12.2 Å². The lowest BCUT2D eigenvalue weighted by molar-refractivity contribution is -0.141. The number of carbonyl (C=O) groups is 4. The van der Waals surface area contributed by atoms with E-state index in [4.69, 9.17) is 4.74 Å². The molecule has 0 bridgehead atoms. The second-order valence-electron chi connectivity index (χ2n) is 14.8. The highest BCUT2D eigenvalue weighted by atomic mass is 32.2. The first-order valence-corrected chi connectivity index (χ1v) is 19.4. The molecule has 282 valence electrons. The van der Waals surface area contributed by atoms with E-state index < -0.39 is 73.9 Å². The van der Waals surface area contributed by atoms with Crippen molar-refractivity contribution in [2.45, 2.75) is 100 Å². The van der Waals surface area contributed by atoms with Gasteiger partial charge in [0.1, 0.15) is 40.6 Å². The lowest BCUT2D eigenvalue weighted by Crippen LogP contribution is -2.58. The molecule has 4 heterocycles. The monoisotopic (exact) mass is 750 g/mol. The fourth-order valence-electron chi connectivity index (χ4n) is 7.16. The van der Waals surface area contributed by atoms with E-state index in [-0.39, 0.29) is 36.5 Å². The predicted octanol–water partition coefficient (Wildman–Crippen LogP) is 2.35. The number of nitrogens with zero attached hydrogens (tertiary/aromatic N) is 5. The van der Waals surface area contributed by atoms with Gasteiger partial charge >= 0.3 is 0 Å². The number of ether oxygens (including phenoxy) is 1. The lowest BCUT2D eigenvalue weighted by atomic mass is 10.0. The number of hydrogen-bond acceptors (Lipinski definition) is 10. The van der Waals surface area contributed by atoms with Gasteiger partial charge in [-0.3, -0.25) is 28.6 Å². The number of nitrogens with one attached hydrogen (secondary N) is 3. The van der Waals surface area contributed by atoms with Crippen LogP contribution in [0.2, 0.25) is 0 Å². The second kappa shape index (κ2) is 13.8. The Balaban J connectivity index is 1.20. The van der Waals surface area contributed by atoms with Crippen LogP contribution in [0.3, 0.4) is 0 Å². The summed E-state index contributed by atoms with van der Waals surface area (Å²) in [7, 11) is -2.40. The first-order valence-electron chi connectivity index (χ1n) is 18.0. The average molecular weight is 751 g/mol. The quantitative estimate of drug-likeness (QED) is 0.302. The highest BCUT2D eigenvalue weighted by Gasteiger charge is 2.63. The molecule has 0 unspecified atom stereocenters. The third-order valence-corrected chi connectivity index (χ3v) is 13.0. The predicted molar refractivity (Wildman–Crippen MR) is 189 cm³/mol. The minimum Gasteiger partial charge on any atom is -0.471 e. The van der Waals surface area contributed by atoms with E-state index in [1.54, 1.807) is 27.0 Å². The molecule has 17 heteroatoms. The smallest absolute Gasteiger partial charge is 0.270 e. The third-order valence-electron chi connectivity index (χ3n) is 10.9. The molecule has 0 spiro atoms. The number of benzene rings is 1. The van der Waals surface area contributed by atoms with E-state index in [2.05, 4.69) is 30.4 Å². The topological polar surface area (TPSA) is 195 Å². The average Bonchev–Trinajstić information content (AvgIpc) is 3.91. The summed E-state index contributed by atoms with van der Waals surface area (Å²) in [6.07, 6.45) is 8.49. The van der Waals surface area contributed by atoms with Crippen molar-refractivity contribution in [1.29, 1.82) is 0 Å². The molecule has 15 nitrogen and oxygen atoms in total. The number of allylic oxidation sites excluding steroid dienone is 1. The van der Waals surface area contributed by atoms with Crippen molar-refractivity contribution in [3.63, 3.8) is 0 Å².